The van der Waals surface area contributed by atoms with Gasteiger partial charge in [0.25, 0.3) is 11.5 Å². The normalized spacial score (nSPS) is 17.0. The lowest BCUT2D eigenvalue weighted by atomic mass is 10.0. The number of aryl methyl sites for hydroxylation is 1. The maximum atomic E-state index is 13.3. The van der Waals surface area contributed by atoms with Crippen LogP contribution in [0.25, 0.3) is 11.0 Å². The lowest BCUT2D eigenvalue weighted by Gasteiger charge is -2.19. The first-order chi connectivity index (χ1) is 13.4. The van der Waals surface area contributed by atoms with Crippen LogP contribution in [0.2, 0.25) is 0 Å². The van der Waals surface area contributed by atoms with Crippen molar-refractivity contribution >= 4 is 16.9 Å². The Hall–Kier alpha value is -2.48. The third kappa shape index (κ3) is 3.73. The van der Waals surface area contributed by atoms with E-state index in [9.17, 15) is 14.4 Å². The van der Waals surface area contributed by atoms with E-state index in [4.69, 9.17) is 0 Å². The van der Waals surface area contributed by atoms with Gasteiger partial charge >= 0.3 is 5.69 Å². The minimum atomic E-state index is -0.551. The number of H-pyrrole nitrogens is 1. The van der Waals surface area contributed by atoms with Gasteiger partial charge in [0.05, 0.1) is 10.9 Å². The zero-order valence-electron chi connectivity index (χ0n) is 17.0. The highest BCUT2D eigenvalue weighted by Gasteiger charge is 2.29. The van der Waals surface area contributed by atoms with E-state index in [0.29, 0.717) is 42.5 Å². The minimum Gasteiger partial charge on any atom is -0.338 e. The van der Waals surface area contributed by atoms with E-state index in [1.807, 2.05) is 27.8 Å². The number of likely N-dealkylation sites (tertiary alicyclic amines) is 1. The highest BCUT2D eigenvalue weighted by Crippen LogP contribution is 2.24. The SMILES string of the molecule is CCCn1c(=O)[nH]c(=O)c2c(C(=O)N3CCC(CNC)C3)cc(C(C)C)nc21. The summed E-state index contributed by atoms with van der Waals surface area (Å²) in [5.74, 6) is 0.305. The van der Waals surface area contributed by atoms with Crippen LogP contribution >= 0.6 is 0 Å². The largest absolute Gasteiger partial charge is 0.338 e. The average Bonchev–Trinajstić information content (AvgIpc) is 3.12. The van der Waals surface area contributed by atoms with Crippen LogP contribution in [0.15, 0.2) is 15.7 Å². The number of nitrogens with zero attached hydrogens (tertiary/aromatic N) is 3. The van der Waals surface area contributed by atoms with Crippen molar-refractivity contribution in [3.63, 3.8) is 0 Å². The van der Waals surface area contributed by atoms with Crippen LogP contribution in [0.5, 0.6) is 0 Å². The van der Waals surface area contributed by atoms with Crippen molar-refractivity contribution in [3.8, 4) is 0 Å². The highest BCUT2D eigenvalue weighted by atomic mass is 16.2. The zero-order valence-corrected chi connectivity index (χ0v) is 17.0. The number of nitrogens with one attached hydrogen (secondary N) is 2. The molecule has 1 aliphatic rings. The van der Waals surface area contributed by atoms with Crippen LogP contribution in [0.3, 0.4) is 0 Å². The Kier molecular flexibility index (Phi) is 5.98. The standard InChI is InChI=1S/C20H29N5O3/c1-5-7-25-17-16(18(26)23-20(25)28)14(9-15(22-17)12(2)3)19(27)24-8-6-13(11-24)10-21-4/h9,12-13,21H,5-8,10-11H2,1-4H3,(H,23,26,28). The van der Waals surface area contributed by atoms with Gasteiger partial charge in [-0.15, -0.1) is 0 Å². The molecule has 0 aromatic carbocycles. The fourth-order valence-corrected chi connectivity index (χ4v) is 3.83. The molecule has 0 radical (unpaired) electrons. The van der Waals surface area contributed by atoms with Gasteiger partial charge in [-0.25, -0.2) is 9.78 Å². The van der Waals surface area contributed by atoms with E-state index >= 15 is 0 Å². The summed E-state index contributed by atoms with van der Waals surface area (Å²) in [7, 11) is 1.91. The summed E-state index contributed by atoms with van der Waals surface area (Å²) in [5, 5.41) is 3.37. The summed E-state index contributed by atoms with van der Waals surface area (Å²) in [6, 6.07) is 1.72. The Balaban J connectivity index is 2.18. The second-order valence-corrected chi connectivity index (χ2v) is 7.82. The molecule has 1 atom stereocenters. The topological polar surface area (TPSA) is 100 Å². The van der Waals surface area contributed by atoms with Crippen molar-refractivity contribution in [2.45, 2.75) is 46.1 Å². The molecule has 1 saturated heterocycles. The third-order valence-corrected chi connectivity index (χ3v) is 5.30. The van der Waals surface area contributed by atoms with Crippen LogP contribution in [0.1, 0.15) is 55.6 Å². The molecule has 1 fully saturated rings. The Morgan fingerprint density at radius 1 is 1.39 bits per heavy atom. The summed E-state index contributed by atoms with van der Waals surface area (Å²) in [5.41, 5.74) is 0.309. The van der Waals surface area contributed by atoms with Crippen molar-refractivity contribution < 1.29 is 4.79 Å². The molecule has 0 bridgehead atoms. The Bertz CT molecular complexity index is 992. The van der Waals surface area contributed by atoms with Gasteiger partial charge in [0.1, 0.15) is 0 Å². The van der Waals surface area contributed by atoms with E-state index in [2.05, 4.69) is 15.3 Å². The molecular formula is C20H29N5O3. The molecular weight excluding hydrogens is 358 g/mol. The predicted octanol–water partition coefficient (Wildman–Crippen LogP) is 1.30. The Morgan fingerprint density at radius 3 is 2.79 bits per heavy atom. The number of carbonyl (C=O) groups excluding carboxylic acids is 1. The maximum Gasteiger partial charge on any atom is 0.329 e. The molecule has 152 valence electrons. The van der Waals surface area contributed by atoms with Crippen molar-refractivity contribution in [1.29, 1.82) is 0 Å². The maximum absolute atomic E-state index is 13.3. The third-order valence-electron chi connectivity index (χ3n) is 5.30. The van der Waals surface area contributed by atoms with Crippen LogP contribution in [-0.2, 0) is 6.54 Å². The van der Waals surface area contributed by atoms with Crippen LogP contribution in [0, 0.1) is 5.92 Å². The number of amides is 1. The van der Waals surface area contributed by atoms with Gasteiger partial charge in [0.15, 0.2) is 5.65 Å². The summed E-state index contributed by atoms with van der Waals surface area (Å²) < 4.78 is 1.47. The van der Waals surface area contributed by atoms with Crippen LogP contribution in [0.4, 0.5) is 0 Å². The number of hydrogen-bond acceptors (Lipinski definition) is 5. The van der Waals surface area contributed by atoms with Gasteiger partial charge in [-0.1, -0.05) is 20.8 Å². The molecule has 3 rings (SSSR count). The second-order valence-electron chi connectivity index (χ2n) is 7.82. The fraction of sp³-hybridized carbons (Fsp3) is 0.600. The number of aromatic amines is 1. The number of pyridine rings is 1. The van der Waals surface area contributed by atoms with E-state index in [0.717, 1.165) is 19.4 Å². The van der Waals surface area contributed by atoms with Crippen LogP contribution < -0.4 is 16.6 Å². The van der Waals surface area contributed by atoms with Gasteiger partial charge in [-0.3, -0.25) is 19.1 Å². The highest BCUT2D eigenvalue weighted by molar-refractivity contribution is 6.05. The van der Waals surface area contributed by atoms with Gasteiger partial charge in [-0.2, -0.15) is 0 Å². The molecule has 3 heterocycles. The smallest absolute Gasteiger partial charge is 0.329 e. The molecule has 0 spiro atoms. The van der Waals surface area contributed by atoms with Crippen molar-refractivity contribution in [2.24, 2.45) is 5.92 Å². The molecule has 2 aromatic rings. The number of rotatable bonds is 6. The molecule has 8 heteroatoms. The lowest BCUT2D eigenvalue weighted by Crippen LogP contribution is -2.35. The predicted molar refractivity (Wildman–Crippen MR) is 109 cm³/mol. The summed E-state index contributed by atoms with van der Waals surface area (Å²) >= 11 is 0. The molecule has 1 amide bonds. The Labute approximate surface area is 164 Å². The lowest BCUT2D eigenvalue weighted by molar-refractivity contribution is 0.0789. The summed E-state index contributed by atoms with van der Waals surface area (Å²) in [6.45, 7) is 8.53. The second kappa shape index (κ2) is 8.26. The number of carbonyl (C=O) groups is 1. The van der Waals surface area contributed by atoms with E-state index < -0.39 is 11.2 Å². The Morgan fingerprint density at radius 2 is 2.14 bits per heavy atom. The first kappa shape index (κ1) is 20.3. The minimum absolute atomic E-state index is 0.0658. The van der Waals surface area contributed by atoms with E-state index in [1.165, 1.54) is 4.57 Å². The quantitative estimate of drug-likeness (QED) is 0.778. The van der Waals surface area contributed by atoms with Crippen molar-refractivity contribution in [3.05, 3.63) is 38.2 Å². The van der Waals surface area contributed by atoms with Crippen molar-refractivity contribution in [2.75, 3.05) is 26.7 Å². The van der Waals surface area contributed by atoms with E-state index in [-0.39, 0.29) is 17.2 Å². The monoisotopic (exact) mass is 387 g/mol. The van der Waals surface area contributed by atoms with Gasteiger partial charge in [0.2, 0.25) is 0 Å². The molecule has 1 aliphatic heterocycles. The fourth-order valence-electron chi connectivity index (χ4n) is 3.83. The molecule has 28 heavy (non-hydrogen) atoms. The van der Waals surface area contributed by atoms with E-state index in [1.54, 1.807) is 11.0 Å². The first-order valence-electron chi connectivity index (χ1n) is 9.99. The molecule has 2 aromatic heterocycles. The molecule has 1 unspecified atom stereocenters. The van der Waals surface area contributed by atoms with Gasteiger partial charge in [-0.05, 0) is 44.3 Å². The number of aromatic nitrogens is 3. The summed E-state index contributed by atoms with van der Waals surface area (Å²) in [4.78, 5) is 47.1. The first-order valence-corrected chi connectivity index (χ1v) is 9.99. The summed E-state index contributed by atoms with van der Waals surface area (Å²) in [6.07, 6.45) is 1.65. The van der Waals surface area contributed by atoms with Crippen molar-refractivity contribution in [1.82, 2.24) is 24.8 Å². The molecule has 0 saturated carbocycles. The average molecular weight is 387 g/mol. The molecule has 8 nitrogen and oxygen atoms in total. The van der Waals surface area contributed by atoms with Gasteiger partial charge in [0, 0.05) is 25.3 Å². The number of hydrogen-bond donors (Lipinski definition) is 2. The van der Waals surface area contributed by atoms with Crippen LogP contribution in [-0.4, -0.2) is 52.0 Å². The zero-order chi connectivity index (χ0) is 20.4. The number of fused-ring (bicyclic) bond motifs is 1. The molecule has 0 aliphatic carbocycles. The van der Waals surface area contributed by atoms with Gasteiger partial charge < -0.3 is 10.2 Å². The molecule has 2 N–H and O–H groups in total.